The summed E-state index contributed by atoms with van der Waals surface area (Å²) in [5.74, 6) is -0.408. The minimum atomic E-state index is -0.408. The van der Waals surface area contributed by atoms with E-state index >= 15 is 0 Å². The zero-order valence-corrected chi connectivity index (χ0v) is 14.3. The molecule has 0 radical (unpaired) electrons. The normalized spacial score (nSPS) is 10.5. The Kier molecular flexibility index (Phi) is 5.74. The van der Waals surface area contributed by atoms with Gasteiger partial charge in [0.25, 0.3) is 11.5 Å². The van der Waals surface area contributed by atoms with Crippen LogP contribution in [-0.4, -0.2) is 15.7 Å². The van der Waals surface area contributed by atoms with Crippen LogP contribution in [0, 0.1) is 0 Å². The molecule has 0 aliphatic heterocycles. The summed E-state index contributed by atoms with van der Waals surface area (Å²) in [5.41, 5.74) is 0.448. The van der Waals surface area contributed by atoms with Crippen LogP contribution in [0.2, 0.25) is 5.02 Å². The maximum absolute atomic E-state index is 12.2. The van der Waals surface area contributed by atoms with E-state index in [1.165, 1.54) is 16.8 Å². The summed E-state index contributed by atoms with van der Waals surface area (Å²) in [7, 11) is 0. The number of unbranched alkanes of at least 4 members (excludes halogenated alkanes) is 1. The molecule has 2 aromatic rings. The van der Waals surface area contributed by atoms with Gasteiger partial charge in [-0.1, -0.05) is 40.9 Å². The standard InChI is InChI=1S/C15H15BrClN3O2/c1-2-3-8-20-14(21)7-6-13(19-20)15(22)18-12-5-4-10(16)9-11(12)17/h4-7,9H,2-3,8H2,1H3,(H,18,22). The molecule has 1 aromatic carbocycles. The van der Waals surface area contributed by atoms with Gasteiger partial charge >= 0.3 is 0 Å². The molecular formula is C15H15BrClN3O2. The van der Waals surface area contributed by atoms with Crippen LogP contribution < -0.4 is 10.9 Å². The van der Waals surface area contributed by atoms with Crippen molar-refractivity contribution >= 4 is 39.1 Å². The first kappa shape index (κ1) is 16.7. The number of nitrogens with one attached hydrogen (secondary N) is 1. The number of carbonyl (C=O) groups excluding carboxylic acids is 1. The number of rotatable bonds is 5. The fourth-order valence-electron chi connectivity index (χ4n) is 1.82. The van der Waals surface area contributed by atoms with Crippen LogP contribution in [-0.2, 0) is 6.54 Å². The molecule has 7 heteroatoms. The Labute approximate surface area is 141 Å². The average molecular weight is 385 g/mol. The molecule has 22 heavy (non-hydrogen) atoms. The lowest BCUT2D eigenvalue weighted by Gasteiger charge is -2.09. The SMILES string of the molecule is CCCCn1nc(C(=O)Nc2ccc(Br)cc2Cl)ccc1=O. The Balaban J connectivity index is 2.20. The van der Waals surface area contributed by atoms with E-state index in [9.17, 15) is 9.59 Å². The minimum absolute atomic E-state index is 0.176. The quantitative estimate of drug-likeness (QED) is 0.854. The zero-order valence-electron chi connectivity index (χ0n) is 12.0. The van der Waals surface area contributed by atoms with Gasteiger partial charge in [0.15, 0.2) is 0 Å². The molecule has 0 aliphatic rings. The number of anilines is 1. The number of halogens is 2. The third-order valence-corrected chi connectivity index (χ3v) is 3.81. The fraction of sp³-hybridized carbons (Fsp3) is 0.267. The molecule has 0 saturated carbocycles. The van der Waals surface area contributed by atoms with Crippen molar-refractivity contribution in [3.05, 3.63) is 55.9 Å². The summed E-state index contributed by atoms with van der Waals surface area (Å²) in [6, 6.07) is 7.91. The van der Waals surface area contributed by atoms with E-state index in [0.29, 0.717) is 17.3 Å². The van der Waals surface area contributed by atoms with Crippen molar-refractivity contribution in [1.82, 2.24) is 9.78 Å². The van der Waals surface area contributed by atoms with E-state index in [1.807, 2.05) is 6.92 Å². The molecule has 1 heterocycles. The average Bonchev–Trinajstić information content (AvgIpc) is 2.49. The summed E-state index contributed by atoms with van der Waals surface area (Å²) in [4.78, 5) is 23.9. The van der Waals surface area contributed by atoms with Crippen molar-refractivity contribution in [3.8, 4) is 0 Å². The van der Waals surface area contributed by atoms with E-state index in [2.05, 4.69) is 26.3 Å². The molecule has 1 aromatic heterocycles. The Bertz CT molecular complexity index is 746. The highest BCUT2D eigenvalue weighted by atomic mass is 79.9. The summed E-state index contributed by atoms with van der Waals surface area (Å²) in [6.45, 7) is 2.52. The lowest BCUT2D eigenvalue weighted by Crippen LogP contribution is -2.26. The molecule has 1 amide bonds. The maximum Gasteiger partial charge on any atom is 0.276 e. The van der Waals surface area contributed by atoms with Gasteiger partial charge in [0.1, 0.15) is 5.69 Å². The van der Waals surface area contributed by atoms with E-state index in [1.54, 1.807) is 18.2 Å². The fourth-order valence-corrected chi connectivity index (χ4v) is 2.54. The monoisotopic (exact) mass is 383 g/mol. The van der Waals surface area contributed by atoms with Gasteiger partial charge in [0, 0.05) is 17.1 Å². The molecule has 2 rings (SSSR count). The Morgan fingerprint density at radius 2 is 2.14 bits per heavy atom. The van der Waals surface area contributed by atoms with Gasteiger partial charge in [-0.2, -0.15) is 5.10 Å². The van der Waals surface area contributed by atoms with Crippen LogP contribution in [0.15, 0.2) is 39.6 Å². The second-order valence-corrected chi connectivity index (χ2v) is 6.03. The van der Waals surface area contributed by atoms with E-state index in [0.717, 1.165) is 17.3 Å². The van der Waals surface area contributed by atoms with E-state index in [-0.39, 0.29) is 11.3 Å². The Morgan fingerprint density at radius 3 is 2.82 bits per heavy atom. The predicted molar refractivity (Wildman–Crippen MR) is 90.5 cm³/mol. The van der Waals surface area contributed by atoms with Gasteiger partial charge in [-0.3, -0.25) is 9.59 Å². The van der Waals surface area contributed by atoms with Gasteiger partial charge in [-0.25, -0.2) is 4.68 Å². The number of aromatic nitrogens is 2. The smallest absolute Gasteiger partial charge is 0.276 e. The summed E-state index contributed by atoms with van der Waals surface area (Å²) >= 11 is 9.37. The van der Waals surface area contributed by atoms with Crippen LogP contribution in [0.25, 0.3) is 0 Å². The van der Waals surface area contributed by atoms with Crippen LogP contribution >= 0.6 is 27.5 Å². The summed E-state index contributed by atoms with van der Waals surface area (Å²) in [6.07, 6.45) is 1.77. The van der Waals surface area contributed by atoms with E-state index in [4.69, 9.17) is 11.6 Å². The Hall–Kier alpha value is -1.66. The maximum atomic E-state index is 12.2. The lowest BCUT2D eigenvalue weighted by molar-refractivity contribution is 0.101. The highest BCUT2D eigenvalue weighted by molar-refractivity contribution is 9.10. The molecule has 116 valence electrons. The van der Waals surface area contributed by atoms with E-state index < -0.39 is 5.91 Å². The lowest BCUT2D eigenvalue weighted by atomic mass is 10.3. The number of hydrogen-bond acceptors (Lipinski definition) is 3. The number of benzene rings is 1. The number of nitrogens with zero attached hydrogens (tertiary/aromatic N) is 2. The molecule has 0 bridgehead atoms. The first-order valence-electron chi connectivity index (χ1n) is 6.86. The Morgan fingerprint density at radius 1 is 1.36 bits per heavy atom. The second kappa shape index (κ2) is 7.56. The molecule has 0 unspecified atom stereocenters. The second-order valence-electron chi connectivity index (χ2n) is 4.71. The number of aryl methyl sites for hydroxylation is 1. The molecule has 0 fully saturated rings. The van der Waals surface area contributed by atoms with Crippen molar-refractivity contribution in [2.75, 3.05) is 5.32 Å². The third-order valence-electron chi connectivity index (χ3n) is 3.00. The first-order valence-corrected chi connectivity index (χ1v) is 8.03. The van der Waals surface area contributed by atoms with Gasteiger partial charge < -0.3 is 5.32 Å². The molecule has 0 aliphatic carbocycles. The highest BCUT2D eigenvalue weighted by Crippen LogP contribution is 2.25. The van der Waals surface area contributed by atoms with Crippen molar-refractivity contribution in [1.29, 1.82) is 0 Å². The zero-order chi connectivity index (χ0) is 16.1. The van der Waals surface area contributed by atoms with Crippen molar-refractivity contribution < 1.29 is 4.79 Å². The van der Waals surface area contributed by atoms with Gasteiger partial charge in [-0.15, -0.1) is 0 Å². The van der Waals surface area contributed by atoms with Crippen molar-refractivity contribution in [2.24, 2.45) is 0 Å². The number of amides is 1. The first-order chi connectivity index (χ1) is 10.5. The van der Waals surface area contributed by atoms with Crippen molar-refractivity contribution in [3.63, 3.8) is 0 Å². The summed E-state index contributed by atoms with van der Waals surface area (Å²) in [5, 5.41) is 7.20. The van der Waals surface area contributed by atoms with Gasteiger partial charge in [0.05, 0.1) is 10.7 Å². The molecular weight excluding hydrogens is 370 g/mol. The predicted octanol–water partition coefficient (Wildman–Crippen LogP) is 3.71. The molecule has 1 N–H and O–H groups in total. The topological polar surface area (TPSA) is 64.0 Å². The number of hydrogen-bond donors (Lipinski definition) is 1. The molecule has 0 spiro atoms. The molecule has 0 saturated heterocycles. The van der Waals surface area contributed by atoms with Crippen LogP contribution in [0.5, 0.6) is 0 Å². The van der Waals surface area contributed by atoms with Crippen molar-refractivity contribution in [2.45, 2.75) is 26.3 Å². The van der Waals surface area contributed by atoms with Gasteiger partial charge in [0.2, 0.25) is 0 Å². The third kappa shape index (κ3) is 4.18. The van der Waals surface area contributed by atoms with Crippen LogP contribution in [0.1, 0.15) is 30.3 Å². The van der Waals surface area contributed by atoms with Crippen LogP contribution in [0.4, 0.5) is 5.69 Å². The number of carbonyl (C=O) groups is 1. The molecule has 0 atom stereocenters. The van der Waals surface area contributed by atoms with Gasteiger partial charge in [-0.05, 0) is 30.7 Å². The highest BCUT2D eigenvalue weighted by Gasteiger charge is 2.12. The summed E-state index contributed by atoms with van der Waals surface area (Å²) < 4.78 is 2.13. The largest absolute Gasteiger partial charge is 0.319 e. The molecule has 5 nitrogen and oxygen atoms in total. The van der Waals surface area contributed by atoms with Crippen LogP contribution in [0.3, 0.4) is 0 Å². The minimum Gasteiger partial charge on any atom is -0.319 e.